The van der Waals surface area contributed by atoms with E-state index in [1.54, 1.807) is 0 Å². The second-order valence-electron chi connectivity index (χ2n) is 4.34. The van der Waals surface area contributed by atoms with Crippen LogP contribution >= 0.6 is 0 Å². The highest BCUT2D eigenvalue weighted by Crippen LogP contribution is 2.45. The molecule has 0 saturated carbocycles. The molecule has 0 aromatic heterocycles. The van der Waals surface area contributed by atoms with Crippen molar-refractivity contribution in [1.82, 2.24) is 0 Å². The fraction of sp³-hybridized carbons (Fsp3) is 0.583. The fourth-order valence-corrected chi connectivity index (χ4v) is 2.14. The molecule has 14 heavy (non-hydrogen) atoms. The van der Waals surface area contributed by atoms with Crippen LogP contribution in [0.1, 0.15) is 27.2 Å². The molecule has 0 aromatic carbocycles. The lowest BCUT2D eigenvalue weighted by atomic mass is 9.75. The lowest BCUT2D eigenvalue weighted by molar-refractivity contribution is -0.110. The summed E-state index contributed by atoms with van der Waals surface area (Å²) in [5, 5.41) is 9.78. The minimum atomic E-state index is -0.485. The highest BCUT2D eigenvalue weighted by atomic mass is 16.3. The molecule has 1 aliphatic rings. The van der Waals surface area contributed by atoms with Crippen molar-refractivity contribution in [2.75, 3.05) is 0 Å². The smallest absolute Gasteiger partial charge is 0.120 e. The number of carbonyl (C=O) groups is 1. The molecule has 0 saturated heterocycles. The molecule has 1 aliphatic carbocycles. The molecule has 0 bridgehead atoms. The summed E-state index contributed by atoms with van der Waals surface area (Å²) >= 11 is 0. The first-order valence-corrected chi connectivity index (χ1v) is 5.00. The summed E-state index contributed by atoms with van der Waals surface area (Å²) in [4.78, 5) is 10.5. The third-order valence-electron chi connectivity index (χ3n) is 3.13. The number of hydrogen-bond acceptors (Lipinski definition) is 2. The number of aliphatic hydroxyl groups is 1. The second-order valence-corrected chi connectivity index (χ2v) is 4.34. The van der Waals surface area contributed by atoms with E-state index >= 15 is 0 Å². The Morgan fingerprint density at radius 1 is 1.57 bits per heavy atom. The molecule has 0 aromatic rings. The topological polar surface area (TPSA) is 37.3 Å². The third-order valence-corrected chi connectivity index (χ3v) is 3.13. The van der Waals surface area contributed by atoms with Crippen molar-refractivity contribution < 1.29 is 9.90 Å². The van der Waals surface area contributed by atoms with Gasteiger partial charge in [-0.3, -0.25) is 0 Å². The van der Waals surface area contributed by atoms with Gasteiger partial charge in [0.15, 0.2) is 0 Å². The van der Waals surface area contributed by atoms with Crippen LogP contribution in [0.3, 0.4) is 0 Å². The summed E-state index contributed by atoms with van der Waals surface area (Å²) in [6.45, 7) is 6.10. The normalized spacial score (nSPS) is 30.7. The van der Waals surface area contributed by atoms with E-state index in [9.17, 15) is 9.90 Å². The van der Waals surface area contributed by atoms with E-state index in [4.69, 9.17) is 0 Å². The number of rotatable bonds is 3. The zero-order valence-electron chi connectivity index (χ0n) is 9.03. The first-order chi connectivity index (χ1) is 6.54. The predicted octanol–water partition coefficient (Wildman–Crippen LogP) is 2.09. The molecule has 0 amide bonds. The van der Waals surface area contributed by atoms with Crippen molar-refractivity contribution in [2.45, 2.75) is 33.3 Å². The summed E-state index contributed by atoms with van der Waals surface area (Å²) < 4.78 is 0. The van der Waals surface area contributed by atoms with Crippen molar-refractivity contribution in [3.8, 4) is 0 Å². The molecule has 2 heteroatoms. The molecule has 2 unspecified atom stereocenters. The molecule has 78 valence electrons. The Hall–Kier alpha value is -0.890. The quantitative estimate of drug-likeness (QED) is 0.698. The molecular formula is C12H18O2. The van der Waals surface area contributed by atoms with E-state index in [2.05, 4.69) is 13.8 Å². The highest BCUT2D eigenvalue weighted by molar-refractivity contribution is 5.52. The Balaban J connectivity index is 2.92. The van der Waals surface area contributed by atoms with Gasteiger partial charge in [0.05, 0.1) is 6.10 Å². The van der Waals surface area contributed by atoms with E-state index < -0.39 is 6.10 Å². The molecule has 0 radical (unpaired) electrons. The van der Waals surface area contributed by atoms with Gasteiger partial charge in [-0.25, -0.2) is 0 Å². The van der Waals surface area contributed by atoms with Crippen molar-refractivity contribution in [3.63, 3.8) is 0 Å². The van der Waals surface area contributed by atoms with Crippen LogP contribution in [0.25, 0.3) is 0 Å². The molecule has 2 nitrogen and oxygen atoms in total. The molecule has 2 atom stereocenters. The molecule has 0 heterocycles. The van der Waals surface area contributed by atoms with Gasteiger partial charge in [-0.2, -0.15) is 0 Å². The number of aliphatic hydroxyl groups excluding tert-OH is 1. The van der Waals surface area contributed by atoms with E-state index in [0.717, 1.165) is 11.9 Å². The van der Waals surface area contributed by atoms with Gasteiger partial charge in [-0.1, -0.05) is 32.1 Å². The number of carbonyl (C=O) groups excluding carboxylic acids is 1. The van der Waals surface area contributed by atoms with Gasteiger partial charge in [0, 0.05) is 12.3 Å². The summed E-state index contributed by atoms with van der Waals surface area (Å²) in [7, 11) is 0. The summed E-state index contributed by atoms with van der Waals surface area (Å²) in [6.07, 6.45) is 6.65. The van der Waals surface area contributed by atoms with Crippen LogP contribution in [-0.4, -0.2) is 17.5 Å². The van der Waals surface area contributed by atoms with Gasteiger partial charge in [0.25, 0.3) is 0 Å². The van der Waals surface area contributed by atoms with Crippen LogP contribution in [0.15, 0.2) is 23.8 Å². The average molecular weight is 194 g/mol. The van der Waals surface area contributed by atoms with Crippen LogP contribution < -0.4 is 0 Å². The zero-order valence-corrected chi connectivity index (χ0v) is 9.03. The Bertz CT molecular complexity index is 274. The van der Waals surface area contributed by atoms with E-state index in [1.165, 1.54) is 0 Å². The SMILES string of the molecule is CC=CC1=CC(O)C(CC=O)C1(C)C. The third kappa shape index (κ3) is 1.80. The van der Waals surface area contributed by atoms with Gasteiger partial charge >= 0.3 is 0 Å². The molecule has 0 spiro atoms. The largest absolute Gasteiger partial charge is 0.389 e. The van der Waals surface area contributed by atoms with Crippen LogP contribution in [0.4, 0.5) is 0 Å². The van der Waals surface area contributed by atoms with Crippen molar-refractivity contribution in [2.24, 2.45) is 11.3 Å². The van der Waals surface area contributed by atoms with Crippen LogP contribution in [-0.2, 0) is 4.79 Å². The van der Waals surface area contributed by atoms with Crippen molar-refractivity contribution in [1.29, 1.82) is 0 Å². The molecular weight excluding hydrogens is 176 g/mol. The lowest BCUT2D eigenvalue weighted by Gasteiger charge is -2.29. The maximum Gasteiger partial charge on any atom is 0.120 e. The standard InChI is InChI=1S/C12H18O2/c1-4-5-9-8-11(14)10(6-7-13)12(9,2)3/h4-5,7-8,10-11,14H,6H2,1-3H3. The monoisotopic (exact) mass is 194 g/mol. The van der Waals surface area contributed by atoms with Crippen molar-refractivity contribution in [3.05, 3.63) is 23.8 Å². The van der Waals surface area contributed by atoms with E-state index in [0.29, 0.717) is 6.42 Å². The van der Waals surface area contributed by atoms with Gasteiger partial charge in [-0.05, 0) is 17.9 Å². The first-order valence-electron chi connectivity index (χ1n) is 5.00. The minimum absolute atomic E-state index is 0.0196. The van der Waals surface area contributed by atoms with Crippen LogP contribution in [0.2, 0.25) is 0 Å². The Morgan fingerprint density at radius 3 is 2.71 bits per heavy atom. The average Bonchev–Trinajstić information content (AvgIpc) is 2.30. The van der Waals surface area contributed by atoms with Gasteiger partial charge in [0.1, 0.15) is 6.29 Å². The number of aldehydes is 1. The molecule has 0 aliphatic heterocycles. The number of hydrogen-bond donors (Lipinski definition) is 1. The Labute approximate surface area is 85.3 Å². The second kappa shape index (κ2) is 4.09. The highest BCUT2D eigenvalue weighted by Gasteiger charge is 2.41. The van der Waals surface area contributed by atoms with E-state index in [-0.39, 0.29) is 11.3 Å². The van der Waals surface area contributed by atoms with Gasteiger partial charge in [-0.15, -0.1) is 0 Å². The Morgan fingerprint density at radius 2 is 2.21 bits per heavy atom. The maximum absolute atomic E-state index is 10.5. The summed E-state index contributed by atoms with van der Waals surface area (Å²) in [6, 6.07) is 0. The first kappa shape index (κ1) is 11.2. The predicted molar refractivity (Wildman–Crippen MR) is 56.9 cm³/mol. The number of allylic oxidation sites excluding steroid dienone is 3. The maximum atomic E-state index is 10.5. The summed E-state index contributed by atoms with van der Waals surface area (Å²) in [5.41, 5.74) is 1.02. The van der Waals surface area contributed by atoms with Crippen LogP contribution in [0.5, 0.6) is 0 Å². The lowest BCUT2D eigenvalue weighted by Crippen LogP contribution is -2.28. The van der Waals surface area contributed by atoms with E-state index in [1.807, 2.05) is 25.2 Å². The molecule has 1 N–H and O–H groups in total. The van der Waals surface area contributed by atoms with Gasteiger partial charge < -0.3 is 9.90 Å². The van der Waals surface area contributed by atoms with Crippen LogP contribution in [0, 0.1) is 11.3 Å². The van der Waals surface area contributed by atoms with Gasteiger partial charge in [0.2, 0.25) is 0 Å². The zero-order chi connectivity index (χ0) is 10.8. The Kier molecular flexibility index (Phi) is 3.27. The fourth-order valence-electron chi connectivity index (χ4n) is 2.14. The molecule has 0 fully saturated rings. The molecule has 1 rings (SSSR count). The summed E-state index contributed by atoms with van der Waals surface area (Å²) in [5.74, 6) is 0.0196. The minimum Gasteiger partial charge on any atom is -0.389 e. The van der Waals surface area contributed by atoms with Crippen molar-refractivity contribution >= 4 is 6.29 Å².